The largest absolute Gasteiger partial charge is 0.497 e. The molecule has 0 aliphatic carbocycles. The van der Waals surface area contributed by atoms with E-state index in [0.717, 1.165) is 11.1 Å². The van der Waals surface area contributed by atoms with Crippen LogP contribution in [-0.4, -0.2) is 61.8 Å². The van der Waals surface area contributed by atoms with Crippen molar-refractivity contribution >= 4 is 23.8 Å². The number of esters is 2. The van der Waals surface area contributed by atoms with Crippen LogP contribution < -0.4 is 15.4 Å². The molecule has 0 bridgehead atoms. The molecule has 2 heterocycles. The molecule has 236 valence electrons. The van der Waals surface area contributed by atoms with E-state index in [1.807, 2.05) is 63.2 Å². The number of epoxide rings is 1. The molecule has 1 fully saturated rings. The summed E-state index contributed by atoms with van der Waals surface area (Å²) in [6.45, 7) is 5.77. The molecule has 0 unspecified atom stereocenters. The maximum atomic E-state index is 13.3. The molecule has 2 aliphatic heterocycles. The summed E-state index contributed by atoms with van der Waals surface area (Å²) in [5.41, 5.74) is 1.85. The van der Waals surface area contributed by atoms with Crippen molar-refractivity contribution in [3.8, 4) is 5.75 Å². The van der Waals surface area contributed by atoms with Crippen molar-refractivity contribution in [3.05, 3.63) is 77.9 Å². The minimum atomic E-state index is -1.10. The van der Waals surface area contributed by atoms with Gasteiger partial charge in [-0.3, -0.25) is 14.4 Å². The van der Waals surface area contributed by atoms with E-state index in [9.17, 15) is 19.2 Å². The van der Waals surface area contributed by atoms with Crippen LogP contribution in [0.3, 0.4) is 0 Å². The summed E-state index contributed by atoms with van der Waals surface area (Å²) in [6, 6.07) is 16.1. The van der Waals surface area contributed by atoms with Crippen LogP contribution in [0.25, 0.3) is 0 Å². The molecular weight excluding hydrogens is 564 g/mol. The predicted molar refractivity (Wildman–Crippen MR) is 162 cm³/mol. The van der Waals surface area contributed by atoms with Gasteiger partial charge < -0.3 is 29.6 Å². The van der Waals surface area contributed by atoms with Gasteiger partial charge in [-0.1, -0.05) is 69.3 Å². The Bertz CT molecular complexity index is 1310. The molecule has 0 spiro atoms. The van der Waals surface area contributed by atoms with Gasteiger partial charge in [0, 0.05) is 25.3 Å². The summed E-state index contributed by atoms with van der Waals surface area (Å²) in [4.78, 5) is 52.2. The quantitative estimate of drug-likeness (QED) is 0.342. The lowest BCUT2D eigenvalue weighted by atomic mass is 9.93. The van der Waals surface area contributed by atoms with Gasteiger partial charge in [0.25, 0.3) is 0 Å². The predicted octanol–water partition coefficient (Wildman–Crippen LogP) is 3.83. The van der Waals surface area contributed by atoms with E-state index in [2.05, 4.69) is 10.6 Å². The Morgan fingerprint density at radius 1 is 0.955 bits per heavy atom. The van der Waals surface area contributed by atoms with Crippen molar-refractivity contribution in [2.45, 2.75) is 76.9 Å². The SMILES string of the molecule is COc1ccc(C[C@H]2NC(=O)/C=C/C[C@@H]([C@@H](C)[C@H]3O[C@H]3c3ccccc3)OC(=O)[C@H](CC(C)C)OC(=O)CCNC2=O)cc1. The highest BCUT2D eigenvalue weighted by atomic mass is 16.6. The van der Waals surface area contributed by atoms with Crippen LogP contribution in [0.15, 0.2) is 66.7 Å². The molecule has 2 N–H and O–H groups in total. The zero-order valence-corrected chi connectivity index (χ0v) is 25.7. The van der Waals surface area contributed by atoms with Crippen LogP contribution in [0.4, 0.5) is 0 Å². The highest BCUT2D eigenvalue weighted by molar-refractivity contribution is 5.93. The van der Waals surface area contributed by atoms with Gasteiger partial charge in [0.15, 0.2) is 6.10 Å². The lowest BCUT2D eigenvalue weighted by Gasteiger charge is -2.26. The van der Waals surface area contributed by atoms with Crippen LogP contribution in [-0.2, 0) is 39.8 Å². The minimum absolute atomic E-state index is 0.0223. The second-order valence-electron chi connectivity index (χ2n) is 11.7. The summed E-state index contributed by atoms with van der Waals surface area (Å²) in [5, 5.41) is 5.47. The minimum Gasteiger partial charge on any atom is -0.497 e. The number of carbonyl (C=O) groups is 4. The van der Waals surface area contributed by atoms with E-state index in [1.54, 1.807) is 25.3 Å². The Morgan fingerprint density at radius 2 is 1.68 bits per heavy atom. The van der Waals surface area contributed by atoms with Crippen molar-refractivity contribution in [3.63, 3.8) is 0 Å². The van der Waals surface area contributed by atoms with Crippen LogP contribution in [0.2, 0.25) is 0 Å². The van der Waals surface area contributed by atoms with Crippen molar-refractivity contribution < 1.29 is 38.1 Å². The monoisotopic (exact) mass is 606 g/mol. The van der Waals surface area contributed by atoms with Crippen LogP contribution in [0.1, 0.15) is 57.3 Å². The van der Waals surface area contributed by atoms with E-state index in [0.29, 0.717) is 5.75 Å². The fourth-order valence-electron chi connectivity index (χ4n) is 5.23. The summed E-state index contributed by atoms with van der Waals surface area (Å²) >= 11 is 0. The van der Waals surface area contributed by atoms with Crippen LogP contribution in [0, 0.1) is 11.8 Å². The second-order valence-corrected chi connectivity index (χ2v) is 11.7. The molecule has 2 amide bonds. The van der Waals surface area contributed by atoms with E-state index in [1.165, 1.54) is 6.08 Å². The summed E-state index contributed by atoms with van der Waals surface area (Å²) in [5.74, 6) is -1.67. The van der Waals surface area contributed by atoms with Crippen molar-refractivity contribution in [1.29, 1.82) is 0 Å². The Balaban J connectivity index is 1.54. The van der Waals surface area contributed by atoms with Crippen LogP contribution in [0.5, 0.6) is 5.75 Å². The number of amides is 2. The van der Waals surface area contributed by atoms with Gasteiger partial charge in [-0.25, -0.2) is 4.79 Å². The molecule has 0 radical (unpaired) electrons. The lowest BCUT2D eigenvalue weighted by Crippen LogP contribution is -2.48. The average molecular weight is 607 g/mol. The number of hydrogen-bond donors (Lipinski definition) is 2. The van der Waals surface area contributed by atoms with Crippen molar-refractivity contribution in [2.75, 3.05) is 13.7 Å². The molecule has 0 aromatic heterocycles. The van der Waals surface area contributed by atoms with Crippen LogP contribution >= 0.6 is 0 Å². The third-order valence-electron chi connectivity index (χ3n) is 7.75. The number of cyclic esters (lactones) is 2. The first-order valence-electron chi connectivity index (χ1n) is 15.1. The van der Waals surface area contributed by atoms with Gasteiger partial charge in [-0.15, -0.1) is 0 Å². The highest BCUT2D eigenvalue weighted by Crippen LogP contribution is 2.45. The molecular formula is C34H42N2O8. The molecule has 10 nitrogen and oxygen atoms in total. The number of benzene rings is 2. The molecule has 2 aromatic rings. The third-order valence-corrected chi connectivity index (χ3v) is 7.75. The van der Waals surface area contributed by atoms with Gasteiger partial charge in [0.05, 0.1) is 19.6 Å². The number of hydrogen-bond acceptors (Lipinski definition) is 8. The smallest absolute Gasteiger partial charge is 0.347 e. The number of carbonyl (C=O) groups excluding carboxylic acids is 4. The Labute approximate surface area is 258 Å². The first-order chi connectivity index (χ1) is 21.1. The molecule has 0 saturated carbocycles. The first-order valence-corrected chi connectivity index (χ1v) is 15.1. The Kier molecular flexibility index (Phi) is 11.5. The summed E-state index contributed by atoms with van der Waals surface area (Å²) in [7, 11) is 1.57. The fraction of sp³-hybridized carbons (Fsp3) is 0.471. The second kappa shape index (κ2) is 15.5. The maximum Gasteiger partial charge on any atom is 0.347 e. The van der Waals surface area contributed by atoms with Gasteiger partial charge in [-0.05, 0) is 41.7 Å². The third kappa shape index (κ3) is 9.41. The number of methoxy groups -OCH3 is 1. The normalized spacial score (nSPS) is 26.5. The van der Waals surface area contributed by atoms with Gasteiger partial charge in [0.1, 0.15) is 24.0 Å². The Morgan fingerprint density at radius 3 is 2.36 bits per heavy atom. The molecule has 2 aliphatic rings. The van der Waals surface area contributed by atoms with Gasteiger partial charge >= 0.3 is 11.9 Å². The van der Waals surface area contributed by atoms with Gasteiger partial charge in [0.2, 0.25) is 11.8 Å². The van der Waals surface area contributed by atoms with Crippen molar-refractivity contribution in [1.82, 2.24) is 10.6 Å². The number of nitrogens with one attached hydrogen (secondary N) is 2. The molecule has 44 heavy (non-hydrogen) atoms. The molecule has 6 atom stereocenters. The standard InChI is InChI=1S/C34H42N2O8/c1-21(2)19-28-34(40)43-27(22(3)31-32(44-31)24-9-6-5-7-10-24)11-8-12-29(37)36-26(33(39)35-18-17-30(38)42-28)20-23-13-15-25(41-4)16-14-23/h5-10,12-16,21-22,26-28,31-32H,11,17-20H2,1-4H3,(H,35,39)(H,36,37)/b12-8+/t22-,26-,27+,28+,31-,32+/m1/s1. The fourth-order valence-corrected chi connectivity index (χ4v) is 5.23. The number of ether oxygens (including phenoxy) is 4. The molecule has 2 aromatic carbocycles. The average Bonchev–Trinajstić information content (AvgIpc) is 3.81. The molecule has 1 saturated heterocycles. The topological polar surface area (TPSA) is 133 Å². The summed E-state index contributed by atoms with van der Waals surface area (Å²) in [6.07, 6.45) is 1.50. The van der Waals surface area contributed by atoms with E-state index in [4.69, 9.17) is 18.9 Å². The lowest BCUT2D eigenvalue weighted by molar-refractivity contribution is -0.174. The van der Waals surface area contributed by atoms with E-state index in [-0.39, 0.29) is 56.3 Å². The summed E-state index contributed by atoms with van der Waals surface area (Å²) < 4.78 is 22.7. The maximum absolute atomic E-state index is 13.3. The number of rotatable bonds is 8. The van der Waals surface area contributed by atoms with Gasteiger partial charge in [-0.2, -0.15) is 0 Å². The van der Waals surface area contributed by atoms with E-state index >= 15 is 0 Å². The zero-order valence-electron chi connectivity index (χ0n) is 25.7. The van der Waals surface area contributed by atoms with E-state index < -0.39 is 42.0 Å². The first kappa shape index (κ1) is 32.7. The van der Waals surface area contributed by atoms with Crippen molar-refractivity contribution in [2.24, 2.45) is 11.8 Å². The zero-order chi connectivity index (χ0) is 31.6. The molecule has 10 heteroatoms. The highest BCUT2D eigenvalue weighted by Gasteiger charge is 2.47. The molecule has 4 rings (SSSR count). The Hall–Kier alpha value is -4.18.